The van der Waals surface area contributed by atoms with Gasteiger partial charge in [-0.2, -0.15) is 0 Å². The molecule has 2 rings (SSSR count). The van der Waals surface area contributed by atoms with E-state index in [1.54, 1.807) is 0 Å². The summed E-state index contributed by atoms with van der Waals surface area (Å²) in [7, 11) is 0. The number of ether oxygens (including phenoxy) is 2. The van der Waals surface area contributed by atoms with E-state index >= 15 is 0 Å². The minimum atomic E-state index is -1.14. The molecule has 0 aromatic heterocycles. The van der Waals surface area contributed by atoms with Crippen LogP contribution < -0.4 is 5.73 Å². The van der Waals surface area contributed by atoms with Crippen LogP contribution in [-0.4, -0.2) is 52.6 Å². The average Bonchev–Trinajstić information content (AvgIpc) is 2.45. The first-order valence-corrected chi connectivity index (χ1v) is 6.17. The summed E-state index contributed by atoms with van der Waals surface area (Å²) in [6, 6.07) is 8.50. The Balaban J connectivity index is 1.95. The molecule has 1 aliphatic rings. The highest BCUT2D eigenvalue weighted by Gasteiger charge is 2.42. The number of hydrogen-bond acceptors (Lipinski definition) is 6. The molecule has 0 saturated carbocycles. The van der Waals surface area contributed by atoms with Crippen molar-refractivity contribution < 1.29 is 24.8 Å². The highest BCUT2D eigenvalue weighted by Crippen LogP contribution is 2.21. The van der Waals surface area contributed by atoms with Gasteiger partial charge in [-0.25, -0.2) is 0 Å². The van der Waals surface area contributed by atoms with Gasteiger partial charge in [-0.15, -0.1) is 0 Å². The van der Waals surface area contributed by atoms with Gasteiger partial charge in [0, 0.05) is 0 Å². The van der Waals surface area contributed by atoms with Gasteiger partial charge >= 0.3 is 0 Å². The number of aliphatic hydroxyl groups is 3. The van der Waals surface area contributed by atoms with Crippen molar-refractivity contribution in [1.29, 1.82) is 0 Å². The maximum atomic E-state index is 9.88. The molecule has 1 aromatic rings. The number of aliphatic hydroxyl groups excluding tert-OH is 3. The summed E-state index contributed by atoms with van der Waals surface area (Å²) in [4.78, 5) is 0. The summed E-state index contributed by atoms with van der Waals surface area (Å²) in [6.45, 7) is -0.129. The van der Waals surface area contributed by atoms with Gasteiger partial charge in [-0.1, -0.05) is 30.3 Å². The Morgan fingerprint density at radius 2 is 1.84 bits per heavy atom. The van der Waals surface area contributed by atoms with Gasteiger partial charge < -0.3 is 30.5 Å². The Kier molecular flexibility index (Phi) is 4.87. The van der Waals surface area contributed by atoms with Crippen LogP contribution in [0.2, 0.25) is 0 Å². The molecule has 1 aliphatic heterocycles. The molecule has 1 fully saturated rings. The molecule has 5 N–H and O–H groups in total. The van der Waals surface area contributed by atoms with Gasteiger partial charge in [0.1, 0.15) is 18.3 Å². The van der Waals surface area contributed by atoms with E-state index in [9.17, 15) is 10.2 Å². The molecule has 0 bridgehead atoms. The zero-order valence-electron chi connectivity index (χ0n) is 10.4. The van der Waals surface area contributed by atoms with E-state index in [4.69, 9.17) is 20.3 Å². The van der Waals surface area contributed by atoms with Gasteiger partial charge in [-0.3, -0.25) is 0 Å². The van der Waals surface area contributed by atoms with Crippen LogP contribution >= 0.6 is 0 Å². The Bertz CT molecular complexity index is 386. The third-order valence-corrected chi connectivity index (χ3v) is 3.19. The summed E-state index contributed by atoms with van der Waals surface area (Å²) in [5.74, 6) is 0. The lowest BCUT2D eigenvalue weighted by atomic mass is 9.97. The second-order valence-electron chi connectivity index (χ2n) is 4.58. The van der Waals surface area contributed by atoms with Crippen molar-refractivity contribution in [3.05, 3.63) is 35.9 Å². The SMILES string of the molecule is N[C@@H]1[C@@H](O)[C@@H](OCc2ccccc2)O[C@@H](CO)[C@H]1O. The van der Waals surface area contributed by atoms with E-state index in [1.165, 1.54) is 0 Å². The smallest absolute Gasteiger partial charge is 0.186 e. The lowest BCUT2D eigenvalue weighted by molar-refractivity contribution is -0.279. The van der Waals surface area contributed by atoms with Gasteiger partial charge in [-0.05, 0) is 5.56 Å². The minimum absolute atomic E-state index is 0.254. The third kappa shape index (κ3) is 3.30. The first-order chi connectivity index (χ1) is 9.13. The van der Waals surface area contributed by atoms with Crippen LogP contribution in [0.25, 0.3) is 0 Å². The first kappa shape index (κ1) is 14.4. The fourth-order valence-corrected chi connectivity index (χ4v) is 2.01. The Hall–Kier alpha value is -1.02. The molecule has 0 radical (unpaired) electrons. The Morgan fingerprint density at radius 1 is 1.16 bits per heavy atom. The van der Waals surface area contributed by atoms with Crippen molar-refractivity contribution in [2.75, 3.05) is 6.61 Å². The van der Waals surface area contributed by atoms with E-state index in [1.807, 2.05) is 30.3 Å². The monoisotopic (exact) mass is 269 g/mol. The topological polar surface area (TPSA) is 105 Å². The molecular weight excluding hydrogens is 250 g/mol. The highest BCUT2D eigenvalue weighted by atomic mass is 16.7. The highest BCUT2D eigenvalue weighted by molar-refractivity contribution is 5.13. The molecular formula is C13H19NO5. The minimum Gasteiger partial charge on any atom is -0.394 e. The third-order valence-electron chi connectivity index (χ3n) is 3.19. The van der Waals surface area contributed by atoms with Gasteiger partial charge in [0.05, 0.1) is 19.3 Å². The van der Waals surface area contributed by atoms with Crippen molar-refractivity contribution in [2.24, 2.45) is 5.73 Å². The molecule has 0 spiro atoms. The molecule has 106 valence electrons. The largest absolute Gasteiger partial charge is 0.394 e. The van der Waals surface area contributed by atoms with Gasteiger partial charge in [0.2, 0.25) is 0 Å². The fraction of sp³-hybridized carbons (Fsp3) is 0.538. The van der Waals surface area contributed by atoms with Crippen LogP contribution in [0.4, 0.5) is 0 Å². The van der Waals surface area contributed by atoms with Gasteiger partial charge in [0.15, 0.2) is 6.29 Å². The van der Waals surface area contributed by atoms with Crippen LogP contribution in [0, 0.1) is 0 Å². The lowest BCUT2D eigenvalue weighted by Gasteiger charge is -2.40. The van der Waals surface area contributed by atoms with Crippen molar-refractivity contribution >= 4 is 0 Å². The van der Waals surface area contributed by atoms with E-state index in [0.29, 0.717) is 0 Å². The normalized spacial score (nSPS) is 35.3. The molecule has 0 unspecified atom stereocenters. The predicted molar refractivity (Wildman–Crippen MR) is 67.0 cm³/mol. The number of rotatable bonds is 4. The summed E-state index contributed by atoms with van der Waals surface area (Å²) in [5, 5.41) is 28.7. The fourth-order valence-electron chi connectivity index (χ4n) is 2.01. The molecule has 0 amide bonds. The number of hydrogen-bond donors (Lipinski definition) is 4. The number of nitrogens with two attached hydrogens (primary N) is 1. The van der Waals surface area contributed by atoms with Crippen molar-refractivity contribution in [1.82, 2.24) is 0 Å². The van der Waals surface area contributed by atoms with Crippen molar-refractivity contribution in [3.63, 3.8) is 0 Å². The standard InChI is InChI=1S/C13H19NO5/c14-10-11(16)9(6-15)19-13(12(10)17)18-7-8-4-2-1-3-5-8/h1-5,9-13,15-17H,6-7,14H2/t9-,10-,11+,12+,13-/m0/s1. The first-order valence-electron chi connectivity index (χ1n) is 6.17. The molecule has 6 nitrogen and oxygen atoms in total. The lowest BCUT2D eigenvalue weighted by Crippen LogP contribution is -2.62. The Morgan fingerprint density at radius 3 is 2.47 bits per heavy atom. The van der Waals surface area contributed by atoms with Crippen LogP contribution in [0.15, 0.2) is 30.3 Å². The zero-order chi connectivity index (χ0) is 13.8. The second kappa shape index (κ2) is 6.42. The molecule has 1 saturated heterocycles. The second-order valence-corrected chi connectivity index (χ2v) is 4.58. The molecule has 5 atom stereocenters. The predicted octanol–water partition coefficient (Wildman–Crippen LogP) is -1.03. The van der Waals surface area contributed by atoms with Crippen LogP contribution in [0.1, 0.15) is 5.56 Å². The maximum Gasteiger partial charge on any atom is 0.186 e. The molecule has 1 aromatic carbocycles. The molecule has 19 heavy (non-hydrogen) atoms. The summed E-state index contributed by atoms with van der Waals surface area (Å²) in [6.07, 6.45) is -4.06. The van der Waals surface area contributed by atoms with E-state index in [-0.39, 0.29) is 13.2 Å². The van der Waals surface area contributed by atoms with Crippen molar-refractivity contribution in [2.45, 2.75) is 37.3 Å². The van der Waals surface area contributed by atoms with E-state index < -0.39 is 30.6 Å². The maximum absolute atomic E-state index is 9.88. The molecule has 0 aliphatic carbocycles. The molecule has 6 heteroatoms. The van der Waals surface area contributed by atoms with Crippen LogP contribution in [0.5, 0.6) is 0 Å². The van der Waals surface area contributed by atoms with Crippen LogP contribution in [-0.2, 0) is 16.1 Å². The average molecular weight is 269 g/mol. The molecule has 1 heterocycles. The van der Waals surface area contributed by atoms with Crippen molar-refractivity contribution in [3.8, 4) is 0 Å². The van der Waals surface area contributed by atoms with E-state index in [2.05, 4.69) is 0 Å². The summed E-state index contributed by atoms with van der Waals surface area (Å²) in [5.41, 5.74) is 6.61. The number of benzene rings is 1. The van der Waals surface area contributed by atoms with Gasteiger partial charge in [0.25, 0.3) is 0 Å². The zero-order valence-corrected chi connectivity index (χ0v) is 10.4. The van der Waals surface area contributed by atoms with Crippen LogP contribution in [0.3, 0.4) is 0 Å². The Labute approximate surface area is 111 Å². The summed E-state index contributed by atoms with van der Waals surface area (Å²) >= 11 is 0. The quantitative estimate of drug-likeness (QED) is 0.557. The van der Waals surface area contributed by atoms with E-state index in [0.717, 1.165) is 5.56 Å². The summed E-state index contributed by atoms with van der Waals surface area (Å²) < 4.78 is 10.8.